The van der Waals surface area contributed by atoms with E-state index in [4.69, 9.17) is 5.73 Å². The van der Waals surface area contributed by atoms with Crippen molar-refractivity contribution in [3.05, 3.63) is 35.9 Å². The van der Waals surface area contributed by atoms with Crippen LogP contribution in [0.4, 0.5) is 0 Å². The van der Waals surface area contributed by atoms with Gasteiger partial charge in [0.15, 0.2) is 0 Å². The molecule has 0 aliphatic heterocycles. The van der Waals surface area contributed by atoms with Crippen molar-refractivity contribution in [2.75, 3.05) is 0 Å². The number of nitrogens with one attached hydrogen (secondary N) is 1. The van der Waals surface area contributed by atoms with Gasteiger partial charge in [0.2, 0.25) is 0 Å². The molecule has 0 unspecified atom stereocenters. The number of rotatable bonds is 3. The Morgan fingerprint density at radius 3 is 2.47 bits per heavy atom. The Hall–Kier alpha value is -0.860. The predicted molar refractivity (Wildman–Crippen MR) is 61.7 cm³/mol. The van der Waals surface area contributed by atoms with Gasteiger partial charge in [-0.3, -0.25) is 0 Å². The fourth-order valence-corrected chi connectivity index (χ4v) is 2.55. The summed E-state index contributed by atoms with van der Waals surface area (Å²) in [5.74, 6) is 0.753. The third-order valence-electron chi connectivity index (χ3n) is 3.64. The van der Waals surface area contributed by atoms with Gasteiger partial charge in [0, 0.05) is 24.0 Å². The molecule has 3 rings (SSSR count). The van der Waals surface area contributed by atoms with E-state index in [0.717, 1.165) is 18.8 Å². The van der Waals surface area contributed by atoms with Crippen LogP contribution < -0.4 is 11.1 Å². The van der Waals surface area contributed by atoms with Crippen LogP contribution in [0.15, 0.2) is 30.3 Å². The molecule has 2 aliphatic carbocycles. The molecule has 80 valence electrons. The van der Waals surface area contributed by atoms with E-state index < -0.39 is 0 Å². The summed E-state index contributed by atoms with van der Waals surface area (Å²) >= 11 is 0. The van der Waals surface area contributed by atoms with E-state index in [1.54, 1.807) is 0 Å². The minimum Gasteiger partial charge on any atom is -0.328 e. The molecule has 15 heavy (non-hydrogen) atoms. The molecule has 3 N–H and O–H groups in total. The largest absolute Gasteiger partial charge is 0.328 e. The highest BCUT2D eigenvalue weighted by molar-refractivity contribution is 5.27. The molecular weight excluding hydrogens is 184 g/mol. The molecule has 1 aromatic carbocycles. The number of benzene rings is 1. The zero-order valence-electron chi connectivity index (χ0n) is 8.89. The van der Waals surface area contributed by atoms with E-state index in [1.165, 1.54) is 12.0 Å². The number of hydrogen-bond donors (Lipinski definition) is 2. The molecular formula is C13H18N2. The van der Waals surface area contributed by atoms with Crippen LogP contribution in [-0.2, 0) is 0 Å². The average molecular weight is 202 g/mol. The Morgan fingerprint density at radius 1 is 1.07 bits per heavy atom. The summed E-state index contributed by atoms with van der Waals surface area (Å²) in [6.45, 7) is 0. The number of hydrogen-bond acceptors (Lipinski definition) is 2. The predicted octanol–water partition coefficient (Wildman–Crippen LogP) is 1.62. The molecule has 2 fully saturated rings. The minimum atomic E-state index is 0.455. The van der Waals surface area contributed by atoms with E-state index in [9.17, 15) is 0 Å². The van der Waals surface area contributed by atoms with Gasteiger partial charge in [0.05, 0.1) is 0 Å². The van der Waals surface area contributed by atoms with Crippen molar-refractivity contribution < 1.29 is 0 Å². The van der Waals surface area contributed by atoms with Gasteiger partial charge in [-0.05, 0) is 24.8 Å². The van der Waals surface area contributed by atoms with Gasteiger partial charge in [-0.25, -0.2) is 0 Å². The van der Waals surface area contributed by atoms with Crippen LogP contribution >= 0.6 is 0 Å². The van der Waals surface area contributed by atoms with Gasteiger partial charge in [-0.15, -0.1) is 0 Å². The normalized spacial score (nSPS) is 38.5. The van der Waals surface area contributed by atoms with E-state index in [-0.39, 0.29) is 0 Å². The van der Waals surface area contributed by atoms with Gasteiger partial charge in [0.1, 0.15) is 0 Å². The summed E-state index contributed by atoms with van der Waals surface area (Å²) in [6.07, 6.45) is 3.63. The zero-order valence-corrected chi connectivity index (χ0v) is 8.89. The summed E-state index contributed by atoms with van der Waals surface area (Å²) in [7, 11) is 0. The van der Waals surface area contributed by atoms with Gasteiger partial charge in [-0.1, -0.05) is 30.3 Å². The van der Waals surface area contributed by atoms with Gasteiger partial charge >= 0.3 is 0 Å². The van der Waals surface area contributed by atoms with Crippen LogP contribution in [0.3, 0.4) is 0 Å². The van der Waals surface area contributed by atoms with Gasteiger partial charge < -0.3 is 11.1 Å². The summed E-state index contributed by atoms with van der Waals surface area (Å²) < 4.78 is 0. The van der Waals surface area contributed by atoms with E-state index in [2.05, 4.69) is 35.6 Å². The van der Waals surface area contributed by atoms with Crippen LogP contribution in [0.1, 0.15) is 30.7 Å². The van der Waals surface area contributed by atoms with Crippen LogP contribution in [0, 0.1) is 0 Å². The maximum absolute atomic E-state index is 5.77. The molecule has 0 spiro atoms. The molecule has 0 radical (unpaired) electrons. The van der Waals surface area contributed by atoms with Crippen molar-refractivity contribution >= 4 is 0 Å². The first-order valence-corrected chi connectivity index (χ1v) is 5.89. The molecule has 0 bridgehead atoms. The van der Waals surface area contributed by atoms with Crippen molar-refractivity contribution in [3.8, 4) is 0 Å². The van der Waals surface area contributed by atoms with E-state index >= 15 is 0 Å². The van der Waals surface area contributed by atoms with Crippen molar-refractivity contribution in [3.63, 3.8) is 0 Å². The molecule has 2 aliphatic rings. The van der Waals surface area contributed by atoms with E-state index in [0.29, 0.717) is 18.1 Å². The summed E-state index contributed by atoms with van der Waals surface area (Å²) in [5, 5.41) is 3.69. The lowest BCUT2D eigenvalue weighted by Crippen LogP contribution is -2.49. The minimum absolute atomic E-state index is 0.455. The fourth-order valence-electron chi connectivity index (χ4n) is 2.55. The maximum atomic E-state index is 5.77. The highest BCUT2D eigenvalue weighted by Gasteiger charge is 2.41. The lowest BCUT2D eigenvalue weighted by atomic mass is 9.87. The first kappa shape index (κ1) is 9.37. The second kappa shape index (κ2) is 3.62. The first-order valence-electron chi connectivity index (χ1n) is 5.89. The van der Waals surface area contributed by atoms with Crippen LogP contribution in [0.25, 0.3) is 0 Å². The Balaban J connectivity index is 1.52. The fraction of sp³-hybridized carbons (Fsp3) is 0.538. The third-order valence-corrected chi connectivity index (χ3v) is 3.64. The molecule has 0 amide bonds. The number of nitrogens with two attached hydrogens (primary N) is 1. The molecule has 0 saturated heterocycles. The molecule has 1 aromatic rings. The Morgan fingerprint density at radius 2 is 1.80 bits per heavy atom. The SMILES string of the molecule is NC1CC(N[C@H]2C[C@@H]2c2ccccc2)C1. The molecule has 2 atom stereocenters. The Kier molecular flexibility index (Phi) is 2.26. The second-order valence-electron chi connectivity index (χ2n) is 4.95. The van der Waals surface area contributed by atoms with Crippen molar-refractivity contribution in [2.45, 2.75) is 43.3 Å². The highest BCUT2D eigenvalue weighted by atomic mass is 15.0. The average Bonchev–Trinajstić information content (AvgIpc) is 2.96. The quantitative estimate of drug-likeness (QED) is 0.781. The summed E-state index contributed by atoms with van der Waals surface area (Å²) in [4.78, 5) is 0. The van der Waals surface area contributed by atoms with Crippen molar-refractivity contribution in [1.29, 1.82) is 0 Å². The van der Waals surface area contributed by atoms with Crippen molar-refractivity contribution in [1.82, 2.24) is 5.32 Å². The maximum Gasteiger partial charge on any atom is 0.0145 e. The highest BCUT2D eigenvalue weighted by Crippen LogP contribution is 2.41. The van der Waals surface area contributed by atoms with Gasteiger partial charge in [0.25, 0.3) is 0 Å². The first-order chi connectivity index (χ1) is 7.33. The van der Waals surface area contributed by atoms with Crippen LogP contribution in [0.2, 0.25) is 0 Å². The smallest absolute Gasteiger partial charge is 0.0145 e. The van der Waals surface area contributed by atoms with Crippen LogP contribution in [-0.4, -0.2) is 18.1 Å². The Labute approximate surface area is 90.9 Å². The zero-order chi connectivity index (χ0) is 10.3. The monoisotopic (exact) mass is 202 g/mol. The van der Waals surface area contributed by atoms with Crippen LogP contribution in [0.5, 0.6) is 0 Å². The van der Waals surface area contributed by atoms with E-state index in [1.807, 2.05) is 0 Å². The molecule has 2 heteroatoms. The summed E-state index contributed by atoms with van der Waals surface area (Å²) in [6, 6.07) is 12.7. The third kappa shape index (κ3) is 1.92. The second-order valence-corrected chi connectivity index (χ2v) is 4.95. The molecule has 0 heterocycles. The van der Waals surface area contributed by atoms with Gasteiger partial charge in [-0.2, -0.15) is 0 Å². The molecule has 2 saturated carbocycles. The Bertz CT molecular complexity index is 330. The van der Waals surface area contributed by atoms with Crippen molar-refractivity contribution in [2.24, 2.45) is 5.73 Å². The standard InChI is InChI=1S/C13H18N2/c14-10-6-11(7-10)15-13-8-12(13)9-4-2-1-3-5-9/h1-5,10-13,15H,6-8,14H2/t10?,11?,12-,13+/m1/s1. The topological polar surface area (TPSA) is 38.0 Å². The molecule has 0 aromatic heterocycles. The lowest BCUT2D eigenvalue weighted by molar-refractivity contribution is 0.289. The summed E-state index contributed by atoms with van der Waals surface area (Å²) in [5.41, 5.74) is 7.26. The lowest BCUT2D eigenvalue weighted by Gasteiger charge is -2.33. The molecule has 2 nitrogen and oxygen atoms in total.